The Morgan fingerprint density at radius 2 is 1.78 bits per heavy atom. The fourth-order valence-electron chi connectivity index (χ4n) is 4.03. The number of halogens is 2. The third kappa shape index (κ3) is 4.93. The number of fused-ring (bicyclic) bond motifs is 1. The summed E-state index contributed by atoms with van der Waals surface area (Å²) in [7, 11) is 1.60. The van der Waals surface area contributed by atoms with Crippen LogP contribution in [0.1, 0.15) is 21.5 Å². The SMILES string of the molecule is Cc1cccc(Cl)c1C(=O)N[C@@H](Cc1ccc(-n2c(=O)c3cc(I)ccc3n(C)c2=O)cc1)C(=O)O. The molecule has 1 heterocycles. The lowest BCUT2D eigenvalue weighted by molar-refractivity contribution is -0.139. The molecule has 0 aliphatic heterocycles. The fourth-order valence-corrected chi connectivity index (χ4v) is 4.83. The number of nitrogens with zero attached hydrogens (tertiary/aromatic N) is 2. The van der Waals surface area contributed by atoms with Gasteiger partial charge in [-0.15, -0.1) is 0 Å². The van der Waals surface area contributed by atoms with Gasteiger partial charge in [-0.3, -0.25) is 14.2 Å². The highest BCUT2D eigenvalue weighted by Gasteiger charge is 2.23. The van der Waals surface area contributed by atoms with E-state index in [1.165, 1.54) is 4.57 Å². The van der Waals surface area contributed by atoms with Crippen LogP contribution in [0.2, 0.25) is 5.02 Å². The van der Waals surface area contributed by atoms with Crippen molar-refractivity contribution in [2.45, 2.75) is 19.4 Å². The van der Waals surface area contributed by atoms with Crippen molar-refractivity contribution in [3.63, 3.8) is 0 Å². The molecule has 0 unspecified atom stereocenters. The topological polar surface area (TPSA) is 110 Å². The van der Waals surface area contributed by atoms with Crippen LogP contribution in [0, 0.1) is 10.5 Å². The number of aliphatic carboxylic acids is 1. The third-order valence-corrected chi connectivity index (χ3v) is 6.90. The van der Waals surface area contributed by atoms with Gasteiger partial charge in [0.1, 0.15) is 6.04 Å². The maximum Gasteiger partial charge on any atom is 0.335 e. The van der Waals surface area contributed by atoms with E-state index >= 15 is 0 Å². The lowest BCUT2D eigenvalue weighted by Gasteiger charge is -2.17. The second kappa shape index (κ2) is 10.3. The Morgan fingerprint density at radius 3 is 2.42 bits per heavy atom. The highest BCUT2D eigenvalue weighted by molar-refractivity contribution is 14.1. The summed E-state index contributed by atoms with van der Waals surface area (Å²) in [5.74, 6) is -1.78. The molecule has 0 bridgehead atoms. The molecule has 0 aliphatic carbocycles. The van der Waals surface area contributed by atoms with Crippen LogP contribution in [-0.2, 0) is 18.3 Å². The number of nitrogens with one attached hydrogen (secondary N) is 1. The highest BCUT2D eigenvalue weighted by Crippen LogP contribution is 2.20. The molecule has 0 aliphatic rings. The average Bonchev–Trinajstić information content (AvgIpc) is 2.83. The van der Waals surface area contributed by atoms with E-state index in [-0.39, 0.29) is 17.0 Å². The van der Waals surface area contributed by atoms with Gasteiger partial charge in [0, 0.05) is 17.0 Å². The zero-order valence-electron chi connectivity index (χ0n) is 19.3. The molecule has 4 rings (SSSR count). The third-order valence-electron chi connectivity index (χ3n) is 5.92. The van der Waals surface area contributed by atoms with E-state index in [1.54, 1.807) is 68.6 Å². The molecular weight excluding hydrogens is 597 g/mol. The number of carbonyl (C=O) groups is 2. The Morgan fingerprint density at radius 1 is 1.08 bits per heavy atom. The van der Waals surface area contributed by atoms with E-state index in [2.05, 4.69) is 27.9 Å². The van der Waals surface area contributed by atoms with Crippen molar-refractivity contribution >= 4 is 57.0 Å². The first-order valence-electron chi connectivity index (χ1n) is 10.9. The van der Waals surface area contributed by atoms with Gasteiger partial charge in [0.05, 0.1) is 27.2 Å². The van der Waals surface area contributed by atoms with Crippen LogP contribution in [0.5, 0.6) is 0 Å². The number of rotatable bonds is 6. The van der Waals surface area contributed by atoms with Crippen molar-refractivity contribution in [2.24, 2.45) is 7.05 Å². The van der Waals surface area contributed by atoms with E-state index in [0.717, 1.165) is 8.14 Å². The summed E-state index contributed by atoms with van der Waals surface area (Å²) in [4.78, 5) is 50.7. The number of benzene rings is 3. The lowest BCUT2D eigenvalue weighted by Crippen LogP contribution is -2.42. The number of hydrogen-bond acceptors (Lipinski definition) is 4. The van der Waals surface area contributed by atoms with Gasteiger partial charge in [-0.2, -0.15) is 0 Å². The van der Waals surface area contributed by atoms with E-state index in [1.807, 2.05) is 6.07 Å². The number of carbonyl (C=O) groups excluding carboxylic acids is 1. The first-order valence-corrected chi connectivity index (χ1v) is 12.3. The standard InChI is InChI=1S/C26H21ClIN3O5/c1-14-4-3-5-19(27)22(14)23(32)29-20(25(34)35)12-15-6-9-17(10-7-15)31-24(33)18-13-16(28)8-11-21(18)30(2)26(31)36/h3-11,13,20H,12H2,1-2H3,(H,29,32)(H,34,35)/t20-/m0/s1. The van der Waals surface area contributed by atoms with Crippen molar-refractivity contribution in [1.82, 2.24) is 14.5 Å². The van der Waals surface area contributed by atoms with Crippen LogP contribution in [0.3, 0.4) is 0 Å². The summed E-state index contributed by atoms with van der Waals surface area (Å²) in [6.07, 6.45) is -0.00627. The number of hydrogen-bond donors (Lipinski definition) is 2. The van der Waals surface area contributed by atoms with E-state index in [4.69, 9.17) is 11.6 Å². The van der Waals surface area contributed by atoms with Gasteiger partial charge < -0.3 is 10.4 Å². The minimum Gasteiger partial charge on any atom is -0.480 e. The van der Waals surface area contributed by atoms with Crippen LogP contribution in [0.25, 0.3) is 16.6 Å². The van der Waals surface area contributed by atoms with Gasteiger partial charge in [-0.25, -0.2) is 14.2 Å². The Hall–Kier alpha value is -3.44. The van der Waals surface area contributed by atoms with Gasteiger partial charge in [0.25, 0.3) is 11.5 Å². The van der Waals surface area contributed by atoms with Crippen LogP contribution in [0.4, 0.5) is 0 Å². The number of carboxylic acids is 1. The molecule has 36 heavy (non-hydrogen) atoms. The van der Waals surface area contributed by atoms with Crippen LogP contribution < -0.4 is 16.6 Å². The maximum atomic E-state index is 13.1. The molecular formula is C26H21ClIN3O5. The van der Waals surface area contributed by atoms with E-state index in [9.17, 15) is 24.3 Å². The molecule has 2 N–H and O–H groups in total. The smallest absolute Gasteiger partial charge is 0.335 e. The summed E-state index contributed by atoms with van der Waals surface area (Å²) in [6, 6.07) is 15.5. The van der Waals surface area contributed by atoms with E-state index in [0.29, 0.717) is 27.7 Å². The van der Waals surface area contributed by atoms with Crippen molar-refractivity contribution in [2.75, 3.05) is 0 Å². The lowest BCUT2D eigenvalue weighted by atomic mass is 10.0. The molecule has 3 aromatic carbocycles. The maximum absolute atomic E-state index is 13.1. The Kier molecular flexibility index (Phi) is 7.32. The first-order chi connectivity index (χ1) is 17.1. The van der Waals surface area contributed by atoms with Crippen LogP contribution >= 0.6 is 34.2 Å². The molecule has 0 saturated heterocycles. The van der Waals surface area contributed by atoms with Gasteiger partial charge >= 0.3 is 11.7 Å². The van der Waals surface area contributed by atoms with E-state index < -0.39 is 29.2 Å². The van der Waals surface area contributed by atoms with Gasteiger partial charge in [-0.05, 0) is 77.0 Å². The van der Waals surface area contributed by atoms with Gasteiger partial charge in [0.2, 0.25) is 0 Å². The second-order valence-electron chi connectivity index (χ2n) is 8.31. The van der Waals surface area contributed by atoms with Gasteiger partial charge in [-0.1, -0.05) is 35.9 Å². The molecule has 1 aromatic heterocycles. The molecule has 0 radical (unpaired) electrons. The summed E-state index contributed by atoms with van der Waals surface area (Å²) < 4.78 is 3.36. The number of aromatic nitrogens is 2. The van der Waals surface area contributed by atoms with Crippen LogP contribution in [0.15, 0.2) is 70.3 Å². The van der Waals surface area contributed by atoms with Gasteiger partial charge in [0.15, 0.2) is 0 Å². The normalized spacial score (nSPS) is 11.9. The van der Waals surface area contributed by atoms with Crippen molar-refractivity contribution in [3.8, 4) is 5.69 Å². The zero-order valence-corrected chi connectivity index (χ0v) is 22.2. The molecule has 0 spiro atoms. The Labute approximate surface area is 224 Å². The molecule has 0 fully saturated rings. The Bertz CT molecular complexity index is 1610. The average molecular weight is 618 g/mol. The first kappa shape index (κ1) is 25.6. The predicted molar refractivity (Wildman–Crippen MR) is 146 cm³/mol. The number of amides is 1. The minimum atomic E-state index is -1.21. The number of aryl methyl sites for hydroxylation is 2. The largest absolute Gasteiger partial charge is 0.480 e. The number of carboxylic acid groups (broad SMARTS) is 1. The minimum absolute atomic E-state index is 0.00627. The zero-order chi connectivity index (χ0) is 26.1. The van der Waals surface area contributed by atoms with Crippen molar-refractivity contribution in [1.29, 1.82) is 0 Å². The molecule has 8 nitrogen and oxygen atoms in total. The second-order valence-corrected chi connectivity index (χ2v) is 9.96. The fraction of sp³-hybridized carbons (Fsp3) is 0.154. The summed E-state index contributed by atoms with van der Waals surface area (Å²) in [5.41, 5.74) is 1.41. The monoisotopic (exact) mass is 617 g/mol. The highest BCUT2D eigenvalue weighted by atomic mass is 127. The summed E-state index contributed by atoms with van der Waals surface area (Å²) in [6.45, 7) is 1.72. The molecule has 4 aromatic rings. The van der Waals surface area contributed by atoms with Crippen molar-refractivity contribution < 1.29 is 14.7 Å². The molecule has 184 valence electrons. The summed E-state index contributed by atoms with van der Waals surface area (Å²) in [5, 5.41) is 12.9. The predicted octanol–water partition coefficient (Wildman–Crippen LogP) is 3.68. The molecule has 0 saturated carbocycles. The van der Waals surface area contributed by atoms with Crippen molar-refractivity contribution in [3.05, 3.63) is 107 Å². The Balaban J connectivity index is 1.63. The van der Waals surface area contributed by atoms with Crippen LogP contribution in [-0.4, -0.2) is 32.2 Å². The summed E-state index contributed by atoms with van der Waals surface area (Å²) >= 11 is 8.25. The molecule has 1 amide bonds. The molecule has 10 heteroatoms. The molecule has 1 atom stereocenters. The quantitative estimate of drug-likeness (QED) is 0.321.